The highest BCUT2D eigenvalue weighted by atomic mass is 127. The van der Waals surface area contributed by atoms with Gasteiger partial charge in [0.05, 0.1) is 52.1 Å². The number of fused-ring (bicyclic) bond motifs is 1. The second-order valence-corrected chi connectivity index (χ2v) is 7.88. The number of hydrogen-bond acceptors (Lipinski definition) is 4. The average Bonchev–Trinajstić information content (AvgIpc) is 2.70. The van der Waals surface area contributed by atoms with Crippen molar-refractivity contribution in [2.24, 2.45) is 7.05 Å². The molecule has 0 radical (unpaired) electrons. The maximum Gasteiger partial charge on any atom is 0.204 e. The van der Waals surface area contributed by atoms with Crippen molar-refractivity contribution < 1.29 is 14.2 Å². The van der Waals surface area contributed by atoms with Crippen molar-refractivity contribution in [1.82, 2.24) is 4.57 Å². The summed E-state index contributed by atoms with van der Waals surface area (Å²) in [6.07, 6.45) is -0.291. The first-order chi connectivity index (χ1) is 13.4. The molecular formula is C21H21ClINO4. The summed E-state index contributed by atoms with van der Waals surface area (Å²) < 4.78 is 19.1. The van der Waals surface area contributed by atoms with E-state index in [9.17, 15) is 4.79 Å². The largest absolute Gasteiger partial charge is 0.497 e. The molecule has 1 aromatic heterocycles. The van der Waals surface area contributed by atoms with E-state index in [2.05, 4.69) is 22.6 Å². The number of halogens is 2. The fraction of sp³-hybridized carbons (Fsp3) is 0.286. The van der Waals surface area contributed by atoms with E-state index in [1.165, 1.54) is 0 Å². The third-order valence-corrected chi connectivity index (χ3v) is 6.04. The van der Waals surface area contributed by atoms with Crippen LogP contribution in [0.2, 0.25) is 5.02 Å². The van der Waals surface area contributed by atoms with E-state index in [1.807, 2.05) is 48.9 Å². The van der Waals surface area contributed by atoms with Crippen molar-refractivity contribution in [2.75, 3.05) is 14.2 Å². The Bertz CT molecular complexity index is 1060. The molecule has 1 heterocycles. The normalized spacial score (nSPS) is 12.2. The molecule has 0 aliphatic heterocycles. The highest BCUT2D eigenvalue weighted by molar-refractivity contribution is 14.1. The van der Waals surface area contributed by atoms with Gasteiger partial charge in [-0.2, -0.15) is 0 Å². The van der Waals surface area contributed by atoms with Crippen molar-refractivity contribution in [1.29, 1.82) is 0 Å². The van der Waals surface area contributed by atoms with E-state index >= 15 is 0 Å². The first-order valence-electron chi connectivity index (χ1n) is 8.67. The topological polar surface area (TPSA) is 49.7 Å². The van der Waals surface area contributed by atoms with Crippen LogP contribution in [0.5, 0.6) is 11.5 Å². The molecule has 0 spiro atoms. The van der Waals surface area contributed by atoms with Crippen molar-refractivity contribution in [3.63, 3.8) is 0 Å². The molecule has 28 heavy (non-hydrogen) atoms. The van der Waals surface area contributed by atoms with E-state index in [0.29, 0.717) is 31.9 Å². The Kier molecular flexibility index (Phi) is 6.52. The molecule has 5 nitrogen and oxygen atoms in total. The smallest absolute Gasteiger partial charge is 0.204 e. The van der Waals surface area contributed by atoms with Crippen LogP contribution in [0, 0.1) is 3.57 Å². The molecule has 3 rings (SSSR count). The zero-order valence-electron chi connectivity index (χ0n) is 16.1. The van der Waals surface area contributed by atoms with E-state index in [0.717, 1.165) is 17.0 Å². The third-order valence-electron chi connectivity index (χ3n) is 4.70. The summed E-state index contributed by atoms with van der Waals surface area (Å²) in [5, 5.41) is 0.867. The maximum atomic E-state index is 13.0. The zero-order chi connectivity index (χ0) is 20.4. The third kappa shape index (κ3) is 3.99. The molecule has 0 saturated carbocycles. The number of aromatic nitrogens is 1. The lowest BCUT2D eigenvalue weighted by molar-refractivity contribution is 0.0472. The van der Waals surface area contributed by atoms with Gasteiger partial charge in [0, 0.05) is 13.1 Å². The molecule has 0 saturated heterocycles. The van der Waals surface area contributed by atoms with Crippen LogP contribution in [-0.4, -0.2) is 18.8 Å². The first kappa shape index (κ1) is 21.0. The molecule has 0 aliphatic carbocycles. The van der Waals surface area contributed by atoms with Crippen molar-refractivity contribution in [2.45, 2.75) is 19.6 Å². The summed E-state index contributed by atoms with van der Waals surface area (Å²) in [6.45, 7) is 2.36. The first-order valence-corrected chi connectivity index (χ1v) is 10.1. The Labute approximate surface area is 182 Å². The van der Waals surface area contributed by atoms with Crippen LogP contribution in [-0.2, 0) is 18.4 Å². The maximum absolute atomic E-state index is 13.0. The number of hydrogen-bond donors (Lipinski definition) is 0. The molecule has 0 fully saturated rings. The van der Waals surface area contributed by atoms with Crippen LogP contribution in [0.1, 0.15) is 24.3 Å². The highest BCUT2D eigenvalue weighted by Crippen LogP contribution is 2.31. The fourth-order valence-corrected chi connectivity index (χ4v) is 4.51. The molecule has 0 N–H and O–H groups in total. The van der Waals surface area contributed by atoms with Gasteiger partial charge in [0.1, 0.15) is 11.5 Å². The van der Waals surface area contributed by atoms with E-state index in [4.69, 9.17) is 25.8 Å². The number of benzene rings is 2. The minimum Gasteiger partial charge on any atom is -0.497 e. The molecule has 0 bridgehead atoms. The summed E-state index contributed by atoms with van der Waals surface area (Å²) in [6, 6.07) is 11.2. The number of pyridine rings is 1. The van der Waals surface area contributed by atoms with Gasteiger partial charge in [-0.1, -0.05) is 23.7 Å². The predicted molar refractivity (Wildman–Crippen MR) is 120 cm³/mol. The Hall–Kier alpha value is -1.77. The van der Waals surface area contributed by atoms with Crippen LogP contribution in [0.3, 0.4) is 0 Å². The van der Waals surface area contributed by atoms with Crippen LogP contribution in [0.15, 0.2) is 41.2 Å². The quantitative estimate of drug-likeness (QED) is 0.431. The number of methoxy groups -OCH3 is 2. The van der Waals surface area contributed by atoms with E-state index in [-0.39, 0.29) is 11.5 Å². The van der Waals surface area contributed by atoms with E-state index in [1.54, 1.807) is 20.3 Å². The van der Waals surface area contributed by atoms with Gasteiger partial charge in [-0.05, 0) is 53.3 Å². The second-order valence-electron chi connectivity index (χ2n) is 6.39. The minimum absolute atomic E-state index is 0.101. The summed E-state index contributed by atoms with van der Waals surface area (Å²) in [5.41, 5.74) is 2.44. The molecule has 7 heteroatoms. The Morgan fingerprint density at radius 3 is 2.36 bits per heavy atom. The minimum atomic E-state index is -0.291. The second kappa shape index (κ2) is 8.71. The van der Waals surface area contributed by atoms with Gasteiger partial charge in [-0.25, -0.2) is 0 Å². The molecule has 0 aliphatic rings. The Morgan fingerprint density at radius 2 is 1.75 bits per heavy atom. The van der Waals surface area contributed by atoms with Gasteiger partial charge >= 0.3 is 0 Å². The van der Waals surface area contributed by atoms with Crippen LogP contribution in [0.4, 0.5) is 0 Å². The zero-order valence-corrected chi connectivity index (χ0v) is 19.0. The molecule has 0 amide bonds. The van der Waals surface area contributed by atoms with Crippen LogP contribution >= 0.6 is 34.2 Å². The van der Waals surface area contributed by atoms with Gasteiger partial charge < -0.3 is 18.8 Å². The van der Waals surface area contributed by atoms with Gasteiger partial charge in [-0.3, -0.25) is 4.79 Å². The molecule has 148 valence electrons. The van der Waals surface area contributed by atoms with Gasteiger partial charge in [-0.15, -0.1) is 0 Å². The number of aryl methyl sites for hydroxylation is 1. The van der Waals surface area contributed by atoms with Crippen molar-refractivity contribution in [3.8, 4) is 11.5 Å². The summed E-state index contributed by atoms with van der Waals surface area (Å²) in [4.78, 5) is 13.0. The van der Waals surface area contributed by atoms with Gasteiger partial charge in [0.15, 0.2) is 0 Å². The number of nitrogens with zero attached hydrogens (tertiary/aromatic N) is 1. The number of rotatable bonds is 6. The summed E-state index contributed by atoms with van der Waals surface area (Å²) in [5.74, 6) is 1.40. The average molecular weight is 514 g/mol. The van der Waals surface area contributed by atoms with E-state index < -0.39 is 0 Å². The lowest BCUT2D eigenvalue weighted by Crippen LogP contribution is -2.20. The highest BCUT2D eigenvalue weighted by Gasteiger charge is 2.21. The molecule has 1 atom stereocenters. The molecule has 0 unspecified atom stereocenters. The fourth-order valence-electron chi connectivity index (χ4n) is 3.15. The predicted octanol–water partition coefficient (Wildman–Crippen LogP) is 5.09. The monoisotopic (exact) mass is 513 g/mol. The van der Waals surface area contributed by atoms with Crippen molar-refractivity contribution in [3.05, 3.63) is 66.5 Å². The van der Waals surface area contributed by atoms with Crippen LogP contribution < -0.4 is 14.9 Å². The Balaban J connectivity index is 1.98. The van der Waals surface area contributed by atoms with Crippen molar-refractivity contribution >= 4 is 45.1 Å². The van der Waals surface area contributed by atoms with Gasteiger partial charge in [0.2, 0.25) is 5.43 Å². The SMILES string of the molecule is COc1ccc(CO[C@H](C)c2c(I)c(=O)c3c(Cl)cc(OC)cc3n2C)cc1. The number of ether oxygens (including phenoxy) is 3. The molecular weight excluding hydrogens is 493 g/mol. The lowest BCUT2D eigenvalue weighted by Gasteiger charge is -2.21. The Morgan fingerprint density at radius 1 is 1.11 bits per heavy atom. The standard InChI is InChI=1S/C21H21ClINO4/c1-12(28-11-13-5-7-14(26-3)8-6-13)20-19(23)21(25)18-16(22)9-15(27-4)10-17(18)24(20)2/h5-10,12H,11H2,1-4H3/t12-/m1/s1. The molecule has 3 aromatic rings. The molecule has 2 aromatic carbocycles. The lowest BCUT2D eigenvalue weighted by atomic mass is 10.1. The van der Waals surface area contributed by atoms with Gasteiger partial charge in [0.25, 0.3) is 0 Å². The summed E-state index contributed by atoms with van der Waals surface area (Å²) >= 11 is 8.42. The van der Waals surface area contributed by atoms with Crippen LogP contribution in [0.25, 0.3) is 10.9 Å². The summed E-state index contributed by atoms with van der Waals surface area (Å²) in [7, 11) is 5.11.